The molecular weight excluding hydrogens is 392 g/mol. The van der Waals surface area contributed by atoms with Gasteiger partial charge in [0.2, 0.25) is 5.91 Å². The molecule has 0 spiro atoms. The van der Waals surface area contributed by atoms with E-state index >= 15 is 0 Å². The van der Waals surface area contributed by atoms with Gasteiger partial charge in [0.25, 0.3) is 5.91 Å². The van der Waals surface area contributed by atoms with Gasteiger partial charge >= 0.3 is 0 Å². The van der Waals surface area contributed by atoms with E-state index in [0.717, 1.165) is 19.3 Å². The van der Waals surface area contributed by atoms with Gasteiger partial charge < -0.3 is 19.7 Å². The number of carbonyl (C=O) groups is 2. The van der Waals surface area contributed by atoms with Crippen molar-refractivity contribution < 1.29 is 19.1 Å². The lowest BCUT2D eigenvalue weighted by Crippen LogP contribution is -2.41. The van der Waals surface area contributed by atoms with Crippen molar-refractivity contribution in [1.29, 1.82) is 0 Å². The van der Waals surface area contributed by atoms with Crippen LogP contribution < -0.4 is 14.8 Å². The number of amides is 2. The number of methoxy groups -OCH3 is 2. The van der Waals surface area contributed by atoms with Crippen LogP contribution in [0.2, 0.25) is 0 Å². The van der Waals surface area contributed by atoms with Crippen molar-refractivity contribution >= 4 is 11.8 Å². The summed E-state index contributed by atoms with van der Waals surface area (Å²) in [6.07, 6.45) is 3.03. The number of likely N-dealkylation sites (tertiary alicyclic amines) is 1. The molecule has 1 heterocycles. The average Bonchev–Trinajstić information content (AvgIpc) is 2.81. The van der Waals surface area contributed by atoms with E-state index in [9.17, 15) is 9.59 Å². The predicted molar refractivity (Wildman–Crippen MR) is 121 cm³/mol. The molecule has 31 heavy (non-hydrogen) atoms. The Hall–Kier alpha value is -3.02. The van der Waals surface area contributed by atoms with Gasteiger partial charge in [-0.1, -0.05) is 24.3 Å². The van der Waals surface area contributed by atoms with Crippen LogP contribution in [0.15, 0.2) is 42.5 Å². The first-order valence-electron chi connectivity index (χ1n) is 10.8. The highest BCUT2D eigenvalue weighted by atomic mass is 16.5. The van der Waals surface area contributed by atoms with E-state index in [1.165, 1.54) is 11.1 Å². The molecule has 2 aromatic carbocycles. The third kappa shape index (κ3) is 6.00. The first-order valence-corrected chi connectivity index (χ1v) is 10.8. The number of carbonyl (C=O) groups excluding carboxylic acids is 2. The van der Waals surface area contributed by atoms with Crippen LogP contribution in [-0.4, -0.2) is 50.6 Å². The SMILES string of the molecule is COc1ccc(C(=O)N2CCC(CNC(=O)CCc3ccccc3C)CC2)cc1OC. The first-order chi connectivity index (χ1) is 15.0. The Morgan fingerprint density at radius 2 is 1.74 bits per heavy atom. The van der Waals surface area contributed by atoms with Gasteiger partial charge in [0.1, 0.15) is 0 Å². The fraction of sp³-hybridized carbons (Fsp3) is 0.440. The average molecular weight is 425 g/mol. The minimum absolute atomic E-state index is 0.00155. The minimum atomic E-state index is 0.00155. The Balaban J connectivity index is 1.42. The Morgan fingerprint density at radius 1 is 1.03 bits per heavy atom. The minimum Gasteiger partial charge on any atom is -0.493 e. The van der Waals surface area contributed by atoms with E-state index < -0.39 is 0 Å². The molecule has 0 aromatic heterocycles. The standard InChI is InChI=1S/C25H32N2O4/c1-18-6-4-5-7-20(18)9-11-24(28)26-17-19-12-14-27(15-13-19)25(29)21-8-10-22(30-2)23(16-21)31-3/h4-8,10,16,19H,9,11-15,17H2,1-3H3,(H,26,28). The second kappa shape index (κ2) is 10.8. The Labute approximate surface area is 184 Å². The number of hydrogen-bond donors (Lipinski definition) is 1. The summed E-state index contributed by atoms with van der Waals surface area (Å²) in [4.78, 5) is 27.0. The summed E-state index contributed by atoms with van der Waals surface area (Å²) >= 11 is 0. The normalized spacial score (nSPS) is 14.2. The van der Waals surface area contributed by atoms with Crippen LogP contribution in [0.3, 0.4) is 0 Å². The van der Waals surface area contributed by atoms with Gasteiger partial charge in [-0.2, -0.15) is 0 Å². The predicted octanol–water partition coefficient (Wildman–Crippen LogP) is 3.61. The smallest absolute Gasteiger partial charge is 0.253 e. The Morgan fingerprint density at radius 3 is 2.42 bits per heavy atom. The van der Waals surface area contributed by atoms with Crippen LogP contribution in [-0.2, 0) is 11.2 Å². The third-order valence-electron chi connectivity index (χ3n) is 6.00. The summed E-state index contributed by atoms with van der Waals surface area (Å²) in [5, 5.41) is 3.07. The highest BCUT2D eigenvalue weighted by Crippen LogP contribution is 2.28. The van der Waals surface area contributed by atoms with Crippen molar-refractivity contribution in [2.75, 3.05) is 33.9 Å². The van der Waals surface area contributed by atoms with Gasteiger partial charge in [-0.3, -0.25) is 9.59 Å². The van der Waals surface area contributed by atoms with Crippen molar-refractivity contribution in [1.82, 2.24) is 10.2 Å². The maximum absolute atomic E-state index is 12.8. The van der Waals surface area contributed by atoms with Crippen LogP contribution in [0.5, 0.6) is 11.5 Å². The number of nitrogens with one attached hydrogen (secondary N) is 1. The molecule has 0 aliphatic carbocycles. The maximum Gasteiger partial charge on any atom is 0.253 e. The maximum atomic E-state index is 12.8. The Kier molecular flexibility index (Phi) is 7.93. The number of ether oxygens (including phenoxy) is 2. The summed E-state index contributed by atoms with van der Waals surface area (Å²) in [6.45, 7) is 4.13. The van der Waals surface area contributed by atoms with Gasteiger partial charge in [0, 0.05) is 31.6 Å². The molecule has 0 atom stereocenters. The van der Waals surface area contributed by atoms with Crippen LogP contribution >= 0.6 is 0 Å². The molecular formula is C25H32N2O4. The fourth-order valence-corrected chi connectivity index (χ4v) is 3.98. The highest BCUT2D eigenvalue weighted by Gasteiger charge is 2.24. The van der Waals surface area contributed by atoms with Gasteiger partial charge in [0.15, 0.2) is 11.5 Å². The molecule has 6 heteroatoms. The van der Waals surface area contributed by atoms with Crippen LogP contribution in [0.4, 0.5) is 0 Å². The molecule has 0 saturated carbocycles. The lowest BCUT2D eigenvalue weighted by atomic mass is 9.96. The van der Waals surface area contributed by atoms with Crippen LogP contribution in [0.1, 0.15) is 40.7 Å². The largest absolute Gasteiger partial charge is 0.493 e. The molecule has 166 valence electrons. The molecule has 2 aromatic rings. The van der Waals surface area contributed by atoms with E-state index in [-0.39, 0.29) is 11.8 Å². The molecule has 0 radical (unpaired) electrons. The summed E-state index contributed by atoms with van der Waals surface area (Å²) < 4.78 is 10.5. The van der Waals surface area contributed by atoms with E-state index in [1.807, 2.05) is 17.0 Å². The molecule has 2 amide bonds. The number of nitrogens with zero attached hydrogens (tertiary/aromatic N) is 1. The van der Waals surface area contributed by atoms with Crippen molar-refractivity contribution in [2.24, 2.45) is 5.92 Å². The van der Waals surface area contributed by atoms with Crippen LogP contribution in [0, 0.1) is 12.8 Å². The molecule has 1 aliphatic rings. The molecule has 0 unspecified atom stereocenters. The molecule has 3 rings (SSSR count). The molecule has 0 bridgehead atoms. The third-order valence-corrected chi connectivity index (χ3v) is 6.00. The fourth-order valence-electron chi connectivity index (χ4n) is 3.98. The van der Waals surface area contributed by atoms with Crippen molar-refractivity contribution in [3.63, 3.8) is 0 Å². The monoisotopic (exact) mass is 424 g/mol. The van der Waals surface area contributed by atoms with Crippen molar-refractivity contribution in [3.8, 4) is 11.5 Å². The summed E-state index contributed by atoms with van der Waals surface area (Å²) in [5.41, 5.74) is 3.04. The molecule has 1 aliphatic heterocycles. The van der Waals surface area contributed by atoms with E-state index in [1.54, 1.807) is 32.4 Å². The quantitative estimate of drug-likeness (QED) is 0.703. The highest BCUT2D eigenvalue weighted by molar-refractivity contribution is 5.95. The molecule has 1 fully saturated rings. The summed E-state index contributed by atoms with van der Waals surface area (Å²) in [7, 11) is 3.14. The summed E-state index contributed by atoms with van der Waals surface area (Å²) in [5.74, 6) is 1.65. The molecule has 6 nitrogen and oxygen atoms in total. The molecule has 1 N–H and O–H groups in total. The number of piperidine rings is 1. The topological polar surface area (TPSA) is 67.9 Å². The van der Waals surface area contributed by atoms with Crippen molar-refractivity contribution in [2.45, 2.75) is 32.6 Å². The zero-order chi connectivity index (χ0) is 22.2. The number of aryl methyl sites for hydroxylation is 2. The van der Waals surface area contributed by atoms with Gasteiger partial charge in [0.05, 0.1) is 14.2 Å². The summed E-state index contributed by atoms with van der Waals surface area (Å²) in [6, 6.07) is 13.4. The zero-order valence-electron chi connectivity index (χ0n) is 18.6. The van der Waals surface area contributed by atoms with Crippen LogP contribution in [0.25, 0.3) is 0 Å². The number of hydrogen-bond acceptors (Lipinski definition) is 4. The van der Waals surface area contributed by atoms with Gasteiger partial charge in [-0.15, -0.1) is 0 Å². The second-order valence-corrected chi connectivity index (χ2v) is 8.04. The lowest BCUT2D eigenvalue weighted by Gasteiger charge is -2.32. The Bertz CT molecular complexity index is 904. The molecule has 1 saturated heterocycles. The van der Waals surface area contributed by atoms with E-state index in [2.05, 4.69) is 24.4 Å². The zero-order valence-corrected chi connectivity index (χ0v) is 18.6. The van der Waals surface area contributed by atoms with Crippen molar-refractivity contribution in [3.05, 3.63) is 59.2 Å². The van der Waals surface area contributed by atoms with Gasteiger partial charge in [-0.25, -0.2) is 0 Å². The van der Waals surface area contributed by atoms with Gasteiger partial charge in [-0.05, 0) is 61.4 Å². The van der Waals surface area contributed by atoms with E-state index in [0.29, 0.717) is 49.0 Å². The number of rotatable bonds is 8. The lowest BCUT2D eigenvalue weighted by molar-refractivity contribution is -0.121. The van der Waals surface area contributed by atoms with E-state index in [4.69, 9.17) is 9.47 Å². The second-order valence-electron chi connectivity index (χ2n) is 8.04. The first kappa shape index (κ1) is 22.7. The number of benzene rings is 2.